The van der Waals surface area contributed by atoms with Crippen LogP contribution in [0.25, 0.3) is 0 Å². The van der Waals surface area contributed by atoms with Crippen molar-refractivity contribution in [2.75, 3.05) is 40.3 Å². The summed E-state index contributed by atoms with van der Waals surface area (Å²) in [7, 11) is 4.06. The molecule has 120 valence electrons. The molecule has 1 atom stereocenters. The van der Waals surface area contributed by atoms with E-state index in [9.17, 15) is 4.79 Å². The molecule has 0 bridgehead atoms. The van der Waals surface area contributed by atoms with Gasteiger partial charge in [-0.15, -0.1) is 0 Å². The average molecular weight is 288 g/mol. The van der Waals surface area contributed by atoms with Gasteiger partial charge in [0.1, 0.15) is 5.60 Å². The summed E-state index contributed by atoms with van der Waals surface area (Å²) in [6.45, 7) is 11.0. The molecule has 1 amide bonds. The van der Waals surface area contributed by atoms with Gasteiger partial charge >= 0.3 is 6.09 Å². The van der Waals surface area contributed by atoms with Crippen molar-refractivity contribution in [1.29, 1.82) is 0 Å². The molecule has 0 aromatic carbocycles. The monoisotopic (exact) mass is 288 g/mol. The summed E-state index contributed by atoms with van der Waals surface area (Å²) in [5.74, 6) is 0. The van der Waals surface area contributed by atoms with Crippen molar-refractivity contribution in [2.24, 2.45) is 5.73 Å². The first-order valence-electron chi connectivity index (χ1n) is 7.24. The third-order valence-electron chi connectivity index (χ3n) is 2.95. The Balaban J connectivity index is 3.92. The smallest absolute Gasteiger partial charge is 0.408 e. The number of nitrogens with two attached hydrogens (primary N) is 1. The van der Waals surface area contributed by atoms with Crippen LogP contribution in [0.4, 0.5) is 4.79 Å². The van der Waals surface area contributed by atoms with Crippen LogP contribution in [0, 0.1) is 0 Å². The van der Waals surface area contributed by atoms with Gasteiger partial charge in [-0.3, -0.25) is 4.90 Å². The third kappa shape index (κ3) is 10.00. The van der Waals surface area contributed by atoms with Gasteiger partial charge in [0.15, 0.2) is 0 Å². The maximum absolute atomic E-state index is 11.7. The largest absolute Gasteiger partial charge is 0.444 e. The molecule has 0 heterocycles. The van der Waals surface area contributed by atoms with Crippen molar-refractivity contribution in [3.8, 4) is 0 Å². The van der Waals surface area contributed by atoms with E-state index in [4.69, 9.17) is 10.5 Å². The minimum Gasteiger partial charge on any atom is -0.444 e. The zero-order valence-electron chi connectivity index (χ0n) is 13.9. The number of rotatable bonds is 8. The van der Waals surface area contributed by atoms with Gasteiger partial charge in [-0.1, -0.05) is 0 Å². The molecule has 6 heteroatoms. The van der Waals surface area contributed by atoms with Gasteiger partial charge < -0.3 is 20.7 Å². The van der Waals surface area contributed by atoms with E-state index in [-0.39, 0.29) is 12.3 Å². The Labute approximate surface area is 123 Å². The number of hydrogen-bond acceptors (Lipinski definition) is 5. The zero-order chi connectivity index (χ0) is 15.8. The third-order valence-corrected chi connectivity index (χ3v) is 2.95. The van der Waals surface area contributed by atoms with Crippen LogP contribution in [0.15, 0.2) is 0 Å². The molecule has 0 radical (unpaired) electrons. The molecular weight excluding hydrogens is 256 g/mol. The minimum atomic E-state index is -0.465. The molecule has 20 heavy (non-hydrogen) atoms. The second kappa shape index (κ2) is 9.15. The molecule has 0 aliphatic heterocycles. The molecule has 0 spiro atoms. The number of ether oxygens (including phenoxy) is 1. The second-order valence-corrected chi connectivity index (χ2v) is 6.25. The Morgan fingerprint density at radius 1 is 1.25 bits per heavy atom. The molecule has 6 nitrogen and oxygen atoms in total. The Hall–Kier alpha value is -0.850. The number of nitrogens with zero attached hydrogens (tertiary/aromatic N) is 2. The fraction of sp³-hybridized carbons (Fsp3) is 0.929. The van der Waals surface area contributed by atoms with E-state index in [0.29, 0.717) is 6.54 Å². The summed E-state index contributed by atoms with van der Waals surface area (Å²) in [4.78, 5) is 16.0. The number of nitrogens with one attached hydrogen (secondary N) is 1. The van der Waals surface area contributed by atoms with E-state index in [0.717, 1.165) is 26.1 Å². The molecule has 0 saturated heterocycles. The van der Waals surface area contributed by atoms with E-state index in [1.165, 1.54) is 0 Å². The molecule has 0 aliphatic carbocycles. The van der Waals surface area contributed by atoms with Gasteiger partial charge in [0.25, 0.3) is 0 Å². The van der Waals surface area contributed by atoms with Crippen LogP contribution in [-0.2, 0) is 4.74 Å². The fourth-order valence-corrected chi connectivity index (χ4v) is 1.70. The van der Waals surface area contributed by atoms with Crippen LogP contribution in [0.3, 0.4) is 0 Å². The highest BCUT2D eigenvalue weighted by atomic mass is 16.6. The predicted molar refractivity (Wildman–Crippen MR) is 82.6 cm³/mol. The van der Waals surface area contributed by atoms with Crippen molar-refractivity contribution >= 4 is 6.09 Å². The van der Waals surface area contributed by atoms with Gasteiger partial charge in [0, 0.05) is 19.6 Å². The van der Waals surface area contributed by atoms with Crippen molar-refractivity contribution in [3.05, 3.63) is 0 Å². The van der Waals surface area contributed by atoms with Crippen molar-refractivity contribution in [1.82, 2.24) is 15.1 Å². The Bertz CT molecular complexity index is 279. The predicted octanol–water partition coefficient (Wildman–Crippen LogP) is 1.07. The molecule has 0 saturated carbocycles. The van der Waals surface area contributed by atoms with E-state index in [2.05, 4.69) is 22.2 Å². The minimum absolute atomic E-state index is 0.0512. The van der Waals surface area contributed by atoms with Crippen molar-refractivity contribution < 1.29 is 9.53 Å². The van der Waals surface area contributed by atoms with E-state index >= 15 is 0 Å². The number of alkyl carbamates (subject to hydrolysis) is 1. The van der Waals surface area contributed by atoms with Gasteiger partial charge in [-0.05, 0) is 54.8 Å². The normalized spacial score (nSPS) is 13.7. The number of amides is 1. The van der Waals surface area contributed by atoms with Crippen LogP contribution in [-0.4, -0.2) is 67.9 Å². The molecule has 0 rings (SSSR count). The second-order valence-electron chi connectivity index (χ2n) is 6.25. The quantitative estimate of drug-likeness (QED) is 0.654. The molecule has 0 fully saturated rings. The van der Waals surface area contributed by atoms with Gasteiger partial charge in [-0.25, -0.2) is 4.79 Å². The number of carbonyl (C=O) groups excluding carboxylic acids is 1. The lowest BCUT2D eigenvalue weighted by Gasteiger charge is -2.28. The standard InChI is InChI=1S/C14H32N4O2/c1-12(16-13(19)20-14(2,3)4)18(6)10-7-9-17(5)11-8-15/h12H,7-11,15H2,1-6H3,(H,16,19). The summed E-state index contributed by atoms with van der Waals surface area (Å²) >= 11 is 0. The topological polar surface area (TPSA) is 70.8 Å². The Morgan fingerprint density at radius 3 is 2.35 bits per heavy atom. The first-order valence-corrected chi connectivity index (χ1v) is 7.24. The Kier molecular flexibility index (Phi) is 8.76. The van der Waals surface area contributed by atoms with E-state index < -0.39 is 5.60 Å². The van der Waals surface area contributed by atoms with Crippen LogP contribution < -0.4 is 11.1 Å². The van der Waals surface area contributed by atoms with E-state index in [1.807, 2.05) is 34.7 Å². The van der Waals surface area contributed by atoms with Crippen LogP contribution in [0.2, 0.25) is 0 Å². The molecule has 0 aromatic rings. The molecule has 0 aliphatic rings. The average Bonchev–Trinajstić information content (AvgIpc) is 2.26. The van der Waals surface area contributed by atoms with E-state index in [1.54, 1.807) is 0 Å². The molecule has 0 aromatic heterocycles. The maximum atomic E-state index is 11.7. The summed E-state index contributed by atoms with van der Waals surface area (Å²) in [6.07, 6.45) is 0.606. The van der Waals surface area contributed by atoms with Crippen LogP contribution in [0.5, 0.6) is 0 Å². The number of hydrogen-bond donors (Lipinski definition) is 2. The highest BCUT2D eigenvalue weighted by Gasteiger charge is 2.19. The summed E-state index contributed by atoms with van der Waals surface area (Å²) in [5, 5.41) is 2.83. The molecule has 3 N–H and O–H groups in total. The SMILES string of the molecule is CC(NC(=O)OC(C)(C)C)N(C)CCCN(C)CCN. The lowest BCUT2D eigenvalue weighted by Crippen LogP contribution is -2.46. The fourth-order valence-electron chi connectivity index (χ4n) is 1.70. The van der Waals surface area contributed by atoms with Crippen LogP contribution in [0.1, 0.15) is 34.1 Å². The van der Waals surface area contributed by atoms with Gasteiger partial charge in [0.05, 0.1) is 6.17 Å². The lowest BCUT2D eigenvalue weighted by molar-refractivity contribution is 0.0447. The first kappa shape index (κ1) is 19.1. The van der Waals surface area contributed by atoms with Crippen molar-refractivity contribution in [2.45, 2.75) is 45.9 Å². The highest BCUT2D eigenvalue weighted by molar-refractivity contribution is 5.67. The summed E-state index contributed by atoms with van der Waals surface area (Å²) < 4.78 is 5.23. The number of carbonyl (C=O) groups is 1. The highest BCUT2D eigenvalue weighted by Crippen LogP contribution is 2.07. The Morgan fingerprint density at radius 2 is 1.85 bits per heavy atom. The maximum Gasteiger partial charge on any atom is 0.408 e. The van der Waals surface area contributed by atoms with Gasteiger partial charge in [-0.2, -0.15) is 0 Å². The molecular formula is C14H32N4O2. The zero-order valence-corrected chi connectivity index (χ0v) is 13.9. The van der Waals surface area contributed by atoms with Crippen molar-refractivity contribution in [3.63, 3.8) is 0 Å². The number of likely N-dealkylation sites (N-methyl/N-ethyl adjacent to an activating group) is 1. The molecule has 1 unspecified atom stereocenters. The van der Waals surface area contributed by atoms with Crippen LogP contribution >= 0.6 is 0 Å². The summed E-state index contributed by atoms with van der Waals surface area (Å²) in [6, 6.07) is 0. The lowest BCUT2D eigenvalue weighted by atomic mass is 10.2. The van der Waals surface area contributed by atoms with Gasteiger partial charge in [0.2, 0.25) is 0 Å². The first-order chi connectivity index (χ1) is 9.15. The summed E-state index contributed by atoms with van der Waals surface area (Å²) in [5.41, 5.74) is 5.04.